The van der Waals surface area contributed by atoms with Gasteiger partial charge in [0, 0.05) is 17.4 Å². The van der Waals surface area contributed by atoms with Gasteiger partial charge in [-0.25, -0.2) is 0 Å². The van der Waals surface area contributed by atoms with Crippen LogP contribution in [0.3, 0.4) is 0 Å². The van der Waals surface area contributed by atoms with Crippen molar-refractivity contribution in [2.45, 2.75) is 57.2 Å². The molecule has 3 aromatic rings. The van der Waals surface area contributed by atoms with Crippen molar-refractivity contribution < 1.29 is 39.4 Å². The summed E-state index contributed by atoms with van der Waals surface area (Å²) in [5, 5.41) is 0. The molecule has 0 bridgehead atoms. The van der Waals surface area contributed by atoms with Gasteiger partial charge in [-0.3, -0.25) is 0 Å². The van der Waals surface area contributed by atoms with Crippen LogP contribution in [-0.2, 0) is 29.7 Å². The molecule has 2 aliphatic heterocycles. The maximum atomic E-state index is 13.3. The molecule has 2 heterocycles. The first-order valence-electron chi connectivity index (χ1n) is 13.4. The molecule has 2 nitrogen and oxygen atoms in total. The average molecular weight is 587 g/mol. The predicted octanol–water partition coefficient (Wildman–Crippen LogP) is 4.59. The van der Waals surface area contributed by atoms with Crippen molar-refractivity contribution in [2.24, 2.45) is 17.8 Å². The van der Waals surface area contributed by atoms with Crippen LogP contribution in [0.4, 0.5) is 13.2 Å². The van der Waals surface area contributed by atoms with Crippen LogP contribution in [0.15, 0.2) is 84.9 Å². The molecule has 1 saturated carbocycles. The smallest absolute Gasteiger partial charge is 0.416 e. The van der Waals surface area contributed by atoms with Crippen LogP contribution in [0, 0.1) is 17.8 Å². The molecule has 0 N–H and O–H groups in total. The lowest BCUT2D eigenvalue weighted by molar-refractivity contribution is -0.968. The topological polar surface area (TPSA) is 9.23 Å². The summed E-state index contributed by atoms with van der Waals surface area (Å²) in [5.41, 5.74) is 2.35. The molecular formula is C32H35BrF3NO. The number of hydrogen-bond donors (Lipinski definition) is 0. The second kappa shape index (κ2) is 9.79. The standard InChI is InChI=1S/C32H35F3NO.BrH/c1-23-19-36(20-24-13-15-27(16-14-24)32(33,34)35)22-31(26-11-7-4-8-12-26,29-18-17-28(23)30(29,36)2)37-21-25-9-5-3-6-10-25;/h3-16,23,28-29H,17-22H2,1-2H3;1H/q+1;/p-1/t23-,28+,29+,30-,31+,36-;/m1./s1. The van der Waals surface area contributed by atoms with Crippen molar-refractivity contribution in [2.75, 3.05) is 13.1 Å². The number of ether oxygens (including phenoxy) is 1. The second-order valence-electron chi connectivity index (χ2n) is 11.8. The summed E-state index contributed by atoms with van der Waals surface area (Å²) in [6, 6.07) is 26.9. The Kier molecular flexibility index (Phi) is 7.07. The van der Waals surface area contributed by atoms with E-state index in [1.807, 2.05) is 18.2 Å². The summed E-state index contributed by atoms with van der Waals surface area (Å²) in [7, 11) is 0. The lowest BCUT2D eigenvalue weighted by Gasteiger charge is -2.43. The van der Waals surface area contributed by atoms with Crippen LogP contribution in [0.25, 0.3) is 0 Å². The zero-order valence-electron chi connectivity index (χ0n) is 21.9. The van der Waals surface area contributed by atoms with Crippen LogP contribution < -0.4 is 17.0 Å². The first-order valence-corrected chi connectivity index (χ1v) is 13.4. The highest BCUT2D eigenvalue weighted by Gasteiger charge is 2.78. The molecule has 6 heteroatoms. The minimum absolute atomic E-state index is 0. The Labute approximate surface area is 234 Å². The third-order valence-corrected chi connectivity index (χ3v) is 10.0. The van der Waals surface area contributed by atoms with Gasteiger partial charge in [0.15, 0.2) is 5.60 Å². The minimum Gasteiger partial charge on any atom is -1.00 e. The van der Waals surface area contributed by atoms with E-state index in [9.17, 15) is 13.2 Å². The molecule has 6 rings (SSSR count). The van der Waals surface area contributed by atoms with E-state index in [1.165, 1.54) is 24.1 Å². The molecule has 3 aliphatic rings. The monoisotopic (exact) mass is 585 g/mol. The van der Waals surface area contributed by atoms with Crippen molar-refractivity contribution in [3.63, 3.8) is 0 Å². The molecular weight excluding hydrogens is 551 g/mol. The van der Waals surface area contributed by atoms with E-state index in [0.29, 0.717) is 24.4 Å². The van der Waals surface area contributed by atoms with E-state index >= 15 is 0 Å². The second-order valence-corrected chi connectivity index (χ2v) is 11.8. The third kappa shape index (κ3) is 4.15. The highest BCUT2D eigenvalue weighted by molar-refractivity contribution is 5.31. The van der Waals surface area contributed by atoms with Gasteiger partial charge in [0.05, 0.1) is 24.6 Å². The van der Waals surface area contributed by atoms with E-state index in [0.717, 1.165) is 41.7 Å². The van der Waals surface area contributed by atoms with Crippen LogP contribution in [-0.4, -0.2) is 23.1 Å². The largest absolute Gasteiger partial charge is 1.00 e. The van der Waals surface area contributed by atoms with E-state index in [-0.39, 0.29) is 22.5 Å². The van der Waals surface area contributed by atoms with Gasteiger partial charge in [-0.15, -0.1) is 0 Å². The SMILES string of the molecule is C[C@@H]1C[N@@+]2(Cc3ccc(C(F)(F)F)cc3)C[C@](OCc3ccccc3)(c3ccccc3)[C@H]3CC[C@@H]1[C@]32C.[Br-]. The summed E-state index contributed by atoms with van der Waals surface area (Å²) < 4.78 is 47.7. The summed E-state index contributed by atoms with van der Waals surface area (Å²) >= 11 is 0. The molecule has 202 valence electrons. The Balaban J connectivity index is 0.00000294. The first-order chi connectivity index (χ1) is 17.7. The van der Waals surface area contributed by atoms with Gasteiger partial charge in [-0.1, -0.05) is 79.7 Å². The molecule has 3 aromatic carbocycles. The van der Waals surface area contributed by atoms with Crippen molar-refractivity contribution in [3.8, 4) is 0 Å². The Hall–Kier alpha value is -2.15. The maximum Gasteiger partial charge on any atom is 0.416 e. The van der Waals surface area contributed by atoms with Gasteiger partial charge < -0.3 is 26.2 Å². The predicted molar refractivity (Wildman–Crippen MR) is 138 cm³/mol. The summed E-state index contributed by atoms with van der Waals surface area (Å²) in [6.45, 7) is 7.98. The lowest BCUT2D eigenvalue weighted by atomic mass is 9.73. The van der Waals surface area contributed by atoms with E-state index < -0.39 is 17.3 Å². The zero-order chi connectivity index (χ0) is 25.9. The van der Waals surface area contributed by atoms with Crippen LogP contribution in [0.5, 0.6) is 0 Å². The Morgan fingerprint density at radius 1 is 0.868 bits per heavy atom. The number of benzene rings is 3. The van der Waals surface area contributed by atoms with Gasteiger partial charge in [-0.05, 0) is 43.0 Å². The third-order valence-electron chi connectivity index (χ3n) is 10.0. The highest BCUT2D eigenvalue weighted by Crippen LogP contribution is 2.68. The fraction of sp³-hybridized carbons (Fsp3) is 0.438. The van der Waals surface area contributed by atoms with Crippen molar-refractivity contribution >= 4 is 0 Å². The number of quaternary nitrogens is 1. The van der Waals surface area contributed by atoms with Crippen LogP contribution >= 0.6 is 0 Å². The van der Waals surface area contributed by atoms with Gasteiger partial charge in [-0.2, -0.15) is 13.2 Å². The molecule has 6 atom stereocenters. The first kappa shape index (κ1) is 27.4. The molecule has 0 spiro atoms. The summed E-state index contributed by atoms with van der Waals surface area (Å²) in [5.74, 6) is 1.50. The zero-order valence-corrected chi connectivity index (χ0v) is 23.5. The van der Waals surface area contributed by atoms with Crippen LogP contribution in [0.1, 0.15) is 48.9 Å². The van der Waals surface area contributed by atoms with E-state index in [1.54, 1.807) is 12.1 Å². The number of hydrogen-bond acceptors (Lipinski definition) is 1. The quantitative estimate of drug-likeness (QED) is 0.385. The van der Waals surface area contributed by atoms with Crippen molar-refractivity contribution in [3.05, 3.63) is 107 Å². The molecule has 0 aromatic heterocycles. The number of nitrogens with zero attached hydrogens (tertiary/aromatic N) is 1. The molecule has 0 unspecified atom stereocenters. The number of rotatable bonds is 6. The molecule has 0 amide bonds. The van der Waals surface area contributed by atoms with Crippen LogP contribution in [0.2, 0.25) is 0 Å². The van der Waals surface area contributed by atoms with E-state index in [2.05, 4.69) is 56.3 Å². The minimum atomic E-state index is -4.32. The van der Waals surface area contributed by atoms with Gasteiger partial charge in [0.2, 0.25) is 0 Å². The van der Waals surface area contributed by atoms with Crippen molar-refractivity contribution in [1.82, 2.24) is 0 Å². The summed E-state index contributed by atoms with van der Waals surface area (Å²) in [6.07, 6.45) is -2.02. The Bertz CT molecular complexity index is 1250. The Morgan fingerprint density at radius 3 is 2.13 bits per heavy atom. The van der Waals surface area contributed by atoms with Gasteiger partial charge in [0.25, 0.3) is 0 Å². The number of alkyl halides is 3. The molecule has 1 aliphatic carbocycles. The van der Waals surface area contributed by atoms with Crippen molar-refractivity contribution in [1.29, 1.82) is 0 Å². The highest BCUT2D eigenvalue weighted by atomic mass is 79.9. The lowest BCUT2D eigenvalue weighted by Crippen LogP contribution is -3.00. The Morgan fingerprint density at radius 2 is 1.50 bits per heavy atom. The van der Waals surface area contributed by atoms with Gasteiger partial charge >= 0.3 is 6.18 Å². The molecule has 2 saturated heterocycles. The molecule has 38 heavy (non-hydrogen) atoms. The fourth-order valence-electron chi connectivity index (χ4n) is 8.58. The van der Waals surface area contributed by atoms with Gasteiger partial charge in [0.1, 0.15) is 18.6 Å². The maximum absolute atomic E-state index is 13.3. The normalized spacial score (nSPS) is 33.7. The fourth-order valence-corrected chi connectivity index (χ4v) is 8.58. The number of halogens is 4. The van der Waals surface area contributed by atoms with E-state index in [4.69, 9.17) is 4.74 Å². The average Bonchev–Trinajstić information content (AvgIpc) is 3.43. The summed E-state index contributed by atoms with van der Waals surface area (Å²) in [4.78, 5) is 0. The molecule has 3 fully saturated rings. The molecule has 0 radical (unpaired) electrons.